The second kappa shape index (κ2) is 5.08. The van der Waals surface area contributed by atoms with E-state index in [1.54, 1.807) is 0 Å². The van der Waals surface area contributed by atoms with E-state index in [9.17, 15) is 20.2 Å². The third kappa shape index (κ3) is 3.00. The molecular weight excluding hydrogens is 254 g/mol. The molecule has 0 N–H and O–H groups in total. The first-order chi connectivity index (χ1) is 9.06. The molecule has 0 radical (unpaired) electrons. The van der Waals surface area contributed by atoms with E-state index in [-0.39, 0.29) is 17.3 Å². The van der Waals surface area contributed by atoms with Crippen LogP contribution in [0, 0.1) is 20.2 Å². The zero-order valence-electron chi connectivity index (χ0n) is 9.42. The van der Waals surface area contributed by atoms with Gasteiger partial charge in [-0.3, -0.25) is 20.2 Å². The molecule has 0 saturated carbocycles. The molecule has 0 fully saturated rings. The summed E-state index contributed by atoms with van der Waals surface area (Å²) in [6, 6.07) is 8.02. The lowest BCUT2D eigenvalue weighted by molar-refractivity contribution is -0.385. The Hall–Kier alpha value is -3.03. The van der Waals surface area contributed by atoms with Crippen LogP contribution in [0.4, 0.5) is 11.4 Å². The highest BCUT2D eigenvalue weighted by atomic mass is 16.6. The molecule has 0 atom stereocenters. The molecule has 0 unspecified atom stereocenters. The van der Waals surface area contributed by atoms with Crippen molar-refractivity contribution in [3.63, 3.8) is 0 Å². The van der Waals surface area contributed by atoms with Crippen molar-refractivity contribution in [3.8, 4) is 11.6 Å². The molecule has 2 rings (SSSR count). The summed E-state index contributed by atoms with van der Waals surface area (Å²) in [6.07, 6.45) is 1.07. The number of non-ortho nitro benzene ring substituents is 1. The summed E-state index contributed by atoms with van der Waals surface area (Å²) in [5.74, 6) is 0.520. The van der Waals surface area contributed by atoms with Crippen molar-refractivity contribution >= 4 is 11.4 Å². The van der Waals surface area contributed by atoms with Crippen LogP contribution in [-0.4, -0.2) is 14.8 Å². The number of hydrogen-bond acceptors (Lipinski definition) is 6. The highest BCUT2D eigenvalue weighted by Crippen LogP contribution is 2.23. The Labute approximate surface area is 106 Å². The van der Waals surface area contributed by atoms with E-state index in [0.29, 0.717) is 5.75 Å². The summed E-state index contributed by atoms with van der Waals surface area (Å²) < 4.78 is 5.29. The van der Waals surface area contributed by atoms with Gasteiger partial charge in [0.05, 0.1) is 9.85 Å². The molecule has 0 aliphatic carbocycles. The molecule has 96 valence electrons. The summed E-state index contributed by atoms with van der Waals surface area (Å²) in [6.45, 7) is 0. The average molecular weight is 261 g/mol. The van der Waals surface area contributed by atoms with Gasteiger partial charge < -0.3 is 4.74 Å². The van der Waals surface area contributed by atoms with E-state index in [1.165, 1.54) is 36.4 Å². The lowest BCUT2D eigenvalue weighted by Gasteiger charge is -2.03. The summed E-state index contributed by atoms with van der Waals surface area (Å²) in [4.78, 5) is 23.6. The lowest BCUT2D eigenvalue weighted by Crippen LogP contribution is -1.92. The normalized spacial score (nSPS) is 9.89. The third-order valence-electron chi connectivity index (χ3n) is 2.20. The van der Waals surface area contributed by atoms with Gasteiger partial charge in [0.1, 0.15) is 11.9 Å². The fourth-order valence-corrected chi connectivity index (χ4v) is 1.30. The number of aromatic nitrogens is 1. The monoisotopic (exact) mass is 261 g/mol. The van der Waals surface area contributed by atoms with Gasteiger partial charge in [-0.05, 0) is 12.1 Å². The molecule has 0 aliphatic rings. The largest absolute Gasteiger partial charge is 0.439 e. The average Bonchev–Trinajstić information content (AvgIpc) is 2.40. The minimum atomic E-state index is -0.567. The van der Waals surface area contributed by atoms with E-state index in [1.807, 2.05) is 0 Å². The van der Waals surface area contributed by atoms with E-state index in [2.05, 4.69) is 4.98 Å². The van der Waals surface area contributed by atoms with Gasteiger partial charge in [0.2, 0.25) is 5.88 Å². The maximum atomic E-state index is 10.5. The fraction of sp³-hybridized carbons (Fsp3) is 0. The van der Waals surface area contributed by atoms with Crippen LogP contribution in [0.1, 0.15) is 0 Å². The van der Waals surface area contributed by atoms with Gasteiger partial charge >= 0.3 is 0 Å². The van der Waals surface area contributed by atoms with E-state index >= 15 is 0 Å². The second-order valence-electron chi connectivity index (χ2n) is 3.46. The summed E-state index contributed by atoms with van der Waals surface area (Å²) in [7, 11) is 0. The van der Waals surface area contributed by atoms with Crippen LogP contribution in [-0.2, 0) is 0 Å². The molecule has 0 spiro atoms. The standard InChI is InChI=1S/C11H7N3O5/c15-13(16)8-1-4-10(5-2-8)19-11-6-3-9(7-12-11)14(17)18/h1-7H. The first-order valence-electron chi connectivity index (χ1n) is 5.09. The van der Waals surface area contributed by atoms with Crippen molar-refractivity contribution in [3.05, 3.63) is 62.8 Å². The van der Waals surface area contributed by atoms with Gasteiger partial charge in [-0.25, -0.2) is 4.98 Å². The molecule has 8 nitrogen and oxygen atoms in total. The van der Waals surface area contributed by atoms with Crippen LogP contribution in [0.15, 0.2) is 42.6 Å². The summed E-state index contributed by atoms with van der Waals surface area (Å²) >= 11 is 0. The maximum Gasteiger partial charge on any atom is 0.287 e. The van der Waals surface area contributed by atoms with Crippen LogP contribution in [0.25, 0.3) is 0 Å². The van der Waals surface area contributed by atoms with E-state index < -0.39 is 9.85 Å². The van der Waals surface area contributed by atoms with Crippen molar-refractivity contribution < 1.29 is 14.6 Å². The van der Waals surface area contributed by atoms with E-state index in [4.69, 9.17) is 4.74 Å². The fourth-order valence-electron chi connectivity index (χ4n) is 1.30. The Morgan fingerprint density at radius 2 is 1.47 bits per heavy atom. The molecule has 0 saturated heterocycles. The Kier molecular flexibility index (Phi) is 3.33. The number of ether oxygens (including phenoxy) is 1. The number of rotatable bonds is 4. The van der Waals surface area contributed by atoms with Crippen LogP contribution in [0.5, 0.6) is 11.6 Å². The van der Waals surface area contributed by atoms with Crippen molar-refractivity contribution in [2.24, 2.45) is 0 Å². The van der Waals surface area contributed by atoms with Gasteiger partial charge in [-0.1, -0.05) is 0 Å². The van der Waals surface area contributed by atoms with E-state index in [0.717, 1.165) is 6.20 Å². The molecule has 0 aliphatic heterocycles. The number of nitro benzene ring substituents is 1. The molecular formula is C11H7N3O5. The molecule has 8 heteroatoms. The minimum Gasteiger partial charge on any atom is -0.439 e. The predicted octanol–water partition coefficient (Wildman–Crippen LogP) is 2.69. The number of nitrogens with zero attached hydrogens (tertiary/aromatic N) is 3. The summed E-state index contributed by atoms with van der Waals surface area (Å²) in [5, 5.41) is 20.9. The highest BCUT2D eigenvalue weighted by Gasteiger charge is 2.08. The van der Waals surface area contributed by atoms with Gasteiger partial charge in [-0.2, -0.15) is 0 Å². The van der Waals surface area contributed by atoms with Crippen molar-refractivity contribution in [1.29, 1.82) is 0 Å². The Morgan fingerprint density at radius 3 is 1.95 bits per heavy atom. The topological polar surface area (TPSA) is 108 Å². The number of pyridine rings is 1. The van der Waals surface area contributed by atoms with Gasteiger partial charge in [0.25, 0.3) is 11.4 Å². The minimum absolute atomic E-state index is 0.0518. The Bertz CT molecular complexity index is 554. The Morgan fingerprint density at radius 1 is 0.895 bits per heavy atom. The summed E-state index contributed by atoms with van der Waals surface area (Å²) in [5.41, 5.74) is -0.194. The van der Waals surface area contributed by atoms with Crippen molar-refractivity contribution in [2.75, 3.05) is 0 Å². The molecule has 1 aromatic carbocycles. The first kappa shape index (κ1) is 12.4. The second-order valence-corrected chi connectivity index (χ2v) is 3.46. The van der Waals surface area contributed by atoms with Crippen molar-refractivity contribution in [1.82, 2.24) is 4.98 Å². The number of hydrogen-bond donors (Lipinski definition) is 0. The lowest BCUT2D eigenvalue weighted by atomic mass is 10.3. The van der Waals surface area contributed by atoms with Gasteiger partial charge in [-0.15, -0.1) is 0 Å². The SMILES string of the molecule is O=[N+]([O-])c1ccc(Oc2ccc([N+](=O)[O-])cn2)cc1. The smallest absolute Gasteiger partial charge is 0.287 e. The quantitative estimate of drug-likeness (QED) is 0.618. The van der Waals surface area contributed by atoms with Crippen LogP contribution < -0.4 is 4.74 Å². The zero-order chi connectivity index (χ0) is 13.8. The molecule has 0 bridgehead atoms. The number of nitro groups is 2. The zero-order valence-corrected chi connectivity index (χ0v) is 9.42. The van der Waals surface area contributed by atoms with Crippen LogP contribution in [0.3, 0.4) is 0 Å². The highest BCUT2D eigenvalue weighted by molar-refractivity contribution is 5.38. The first-order valence-corrected chi connectivity index (χ1v) is 5.09. The predicted molar refractivity (Wildman–Crippen MR) is 64.1 cm³/mol. The van der Waals surface area contributed by atoms with Crippen LogP contribution >= 0.6 is 0 Å². The molecule has 2 aromatic rings. The van der Waals surface area contributed by atoms with Crippen LogP contribution in [0.2, 0.25) is 0 Å². The third-order valence-corrected chi connectivity index (χ3v) is 2.20. The maximum absolute atomic E-state index is 10.5. The molecule has 1 aromatic heterocycles. The number of benzene rings is 1. The Balaban J connectivity index is 2.12. The van der Waals surface area contributed by atoms with Crippen molar-refractivity contribution in [2.45, 2.75) is 0 Å². The molecule has 19 heavy (non-hydrogen) atoms. The van der Waals surface area contributed by atoms with Gasteiger partial charge in [0, 0.05) is 24.3 Å². The molecule has 1 heterocycles. The molecule has 0 amide bonds. The van der Waals surface area contributed by atoms with Gasteiger partial charge in [0.15, 0.2) is 0 Å².